The molecule has 1 saturated heterocycles. The molecule has 0 bridgehead atoms. The molecule has 4 rings (SSSR count). The molecule has 7 nitrogen and oxygen atoms in total. The first-order valence-corrected chi connectivity index (χ1v) is 9.32. The van der Waals surface area contributed by atoms with Gasteiger partial charge in [-0.2, -0.15) is 5.10 Å². The Bertz CT molecular complexity index is 834. The van der Waals surface area contributed by atoms with Crippen LogP contribution in [0.15, 0.2) is 17.3 Å². The summed E-state index contributed by atoms with van der Waals surface area (Å²) in [5.74, 6) is 0.677. The van der Waals surface area contributed by atoms with E-state index in [-0.39, 0.29) is 18.0 Å². The second-order valence-electron chi connectivity index (χ2n) is 7.38. The predicted molar refractivity (Wildman–Crippen MR) is 94.1 cm³/mol. The van der Waals surface area contributed by atoms with Gasteiger partial charge in [0.05, 0.1) is 6.20 Å². The van der Waals surface area contributed by atoms with Crippen LogP contribution >= 0.6 is 0 Å². The van der Waals surface area contributed by atoms with Crippen molar-refractivity contribution in [3.63, 3.8) is 0 Å². The minimum Gasteiger partial charge on any atom is -0.338 e. The Morgan fingerprint density at radius 3 is 2.80 bits per heavy atom. The van der Waals surface area contributed by atoms with Crippen molar-refractivity contribution >= 4 is 16.9 Å². The van der Waals surface area contributed by atoms with Gasteiger partial charge in [0, 0.05) is 19.6 Å². The molecule has 2 aromatic rings. The number of aryl methyl sites for hydroxylation is 1. The van der Waals surface area contributed by atoms with E-state index >= 15 is 0 Å². The van der Waals surface area contributed by atoms with Crippen LogP contribution in [0.5, 0.6) is 0 Å². The van der Waals surface area contributed by atoms with Crippen molar-refractivity contribution < 1.29 is 4.79 Å². The number of hydrogen-bond acceptors (Lipinski definition) is 4. The van der Waals surface area contributed by atoms with Crippen LogP contribution in [0.25, 0.3) is 11.0 Å². The van der Waals surface area contributed by atoms with E-state index in [2.05, 4.69) is 10.1 Å². The fourth-order valence-electron chi connectivity index (χ4n) is 4.53. The quantitative estimate of drug-likeness (QED) is 0.850. The Kier molecular flexibility index (Phi) is 4.31. The summed E-state index contributed by atoms with van der Waals surface area (Å²) >= 11 is 0. The normalized spacial score (nSPS) is 22.0. The molecule has 2 aromatic heterocycles. The smallest absolute Gasteiger partial charge is 0.264 e. The second-order valence-corrected chi connectivity index (χ2v) is 7.38. The van der Waals surface area contributed by atoms with Gasteiger partial charge in [0.15, 0.2) is 5.65 Å². The number of carbonyl (C=O) groups is 1. The lowest BCUT2D eigenvalue weighted by molar-refractivity contribution is -0.133. The van der Waals surface area contributed by atoms with Crippen LogP contribution in [0.3, 0.4) is 0 Å². The minimum absolute atomic E-state index is 0.0419. The third kappa shape index (κ3) is 2.96. The highest BCUT2D eigenvalue weighted by Gasteiger charge is 2.35. The molecule has 0 radical (unpaired) electrons. The van der Waals surface area contributed by atoms with Gasteiger partial charge in [0.25, 0.3) is 5.56 Å². The third-order valence-corrected chi connectivity index (χ3v) is 5.84. The number of aromatic nitrogens is 4. The maximum Gasteiger partial charge on any atom is 0.264 e. The van der Waals surface area contributed by atoms with Gasteiger partial charge in [-0.25, -0.2) is 4.98 Å². The van der Waals surface area contributed by atoms with Gasteiger partial charge in [-0.3, -0.25) is 18.8 Å². The highest BCUT2D eigenvalue weighted by atomic mass is 16.2. The monoisotopic (exact) mass is 343 g/mol. The SMILES string of the molecule is Cn1ncc2c(=O)n(CC(=O)N3CCC[C@@H]3C3CCCCC3)cnc21. The van der Waals surface area contributed by atoms with Crippen LogP contribution in [-0.4, -0.2) is 42.7 Å². The molecule has 1 saturated carbocycles. The number of hydrogen-bond donors (Lipinski definition) is 0. The summed E-state index contributed by atoms with van der Waals surface area (Å²) in [7, 11) is 1.75. The first-order chi connectivity index (χ1) is 12.1. The molecule has 134 valence electrons. The second kappa shape index (κ2) is 6.61. The Hall–Kier alpha value is -2.18. The number of nitrogens with zero attached hydrogens (tertiary/aromatic N) is 5. The van der Waals surface area contributed by atoms with E-state index in [9.17, 15) is 9.59 Å². The van der Waals surface area contributed by atoms with Crippen molar-refractivity contribution in [1.29, 1.82) is 0 Å². The Labute approximate surface area is 146 Å². The average Bonchev–Trinajstić information content (AvgIpc) is 3.26. The van der Waals surface area contributed by atoms with E-state index in [4.69, 9.17) is 0 Å². The molecule has 0 unspecified atom stereocenters. The van der Waals surface area contributed by atoms with Gasteiger partial charge in [-0.15, -0.1) is 0 Å². The molecule has 0 aromatic carbocycles. The standard InChI is InChI=1S/C18H25N5O2/c1-21-17-14(10-20-21)18(25)22(12-19-17)11-16(24)23-9-5-8-15(23)13-6-3-2-4-7-13/h10,12-13,15H,2-9,11H2,1H3/t15-/m1/s1. The van der Waals surface area contributed by atoms with Gasteiger partial charge in [0.2, 0.25) is 5.91 Å². The number of rotatable bonds is 3. The van der Waals surface area contributed by atoms with E-state index < -0.39 is 0 Å². The molecular weight excluding hydrogens is 318 g/mol. The lowest BCUT2D eigenvalue weighted by Crippen LogP contribution is -2.43. The summed E-state index contributed by atoms with van der Waals surface area (Å²) in [5.41, 5.74) is 0.356. The summed E-state index contributed by atoms with van der Waals surface area (Å²) in [4.78, 5) is 31.8. The number of amides is 1. The van der Waals surface area contributed by atoms with Gasteiger partial charge < -0.3 is 4.90 Å². The summed E-state index contributed by atoms with van der Waals surface area (Å²) in [6.45, 7) is 0.886. The van der Waals surface area contributed by atoms with Crippen LogP contribution in [0.1, 0.15) is 44.9 Å². The number of fused-ring (bicyclic) bond motifs is 1. The molecule has 2 aliphatic rings. The van der Waals surface area contributed by atoms with E-state index in [1.807, 2.05) is 4.90 Å². The van der Waals surface area contributed by atoms with E-state index in [0.717, 1.165) is 19.4 Å². The zero-order valence-corrected chi connectivity index (χ0v) is 14.7. The van der Waals surface area contributed by atoms with Crippen LogP contribution in [0.4, 0.5) is 0 Å². The maximum absolute atomic E-state index is 12.9. The average molecular weight is 343 g/mol. The summed E-state index contributed by atoms with van der Waals surface area (Å²) in [6, 6.07) is 0.360. The molecule has 1 atom stereocenters. The largest absolute Gasteiger partial charge is 0.338 e. The van der Waals surface area contributed by atoms with Gasteiger partial charge in [-0.1, -0.05) is 19.3 Å². The Morgan fingerprint density at radius 2 is 2.00 bits per heavy atom. The fourth-order valence-corrected chi connectivity index (χ4v) is 4.53. The lowest BCUT2D eigenvalue weighted by Gasteiger charge is -2.34. The van der Waals surface area contributed by atoms with Crippen molar-refractivity contribution in [3.8, 4) is 0 Å². The number of carbonyl (C=O) groups excluding carboxylic acids is 1. The zero-order valence-electron chi connectivity index (χ0n) is 14.7. The van der Waals surface area contributed by atoms with Gasteiger partial charge in [0.1, 0.15) is 18.3 Å². The van der Waals surface area contributed by atoms with E-state index in [1.54, 1.807) is 11.7 Å². The van der Waals surface area contributed by atoms with Gasteiger partial charge >= 0.3 is 0 Å². The van der Waals surface area contributed by atoms with Crippen molar-refractivity contribution in [2.45, 2.75) is 57.5 Å². The first kappa shape index (κ1) is 16.3. The van der Waals surface area contributed by atoms with Crippen LogP contribution in [0, 0.1) is 5.92 Å². The Balaban J connectivity index is 1.53. The molecule has 2 fully saturated rings. The van der Waals surface area contributed by atoms with Crippen LogP contribution in [0.2, 0.25) is 0 Å². The highest BCUT2D eigenvalue weighted by molar-refractivity contribution is 5.78. The van der Waals surface area contributed by atoms with Crippen LogP contribution in [-0.2, 0) is 18.4 Å². The summed E-state index contributed by atoms with van der Waals surface area (Å²) in [5, 5.41) is 4.53. The van der Waals surface area contributed by atoms with Crippen LogP contribution < -0.4 is 5.56 Å². The molecule has 3 heterocycles. The third-order valence-electron chi connectivity index (χ3n) is 5.84. The van der Waals surface area contributed by atoms with Gasteiger partial charge in [-0.05, 0) is 31.6 Å². The van der Waals surface area contributed by atoms with E-state index in [0.29, 0.717) is 23.0 Å². The molecule has 0 N–H and O–H groups in total. The topological polar surface area (TPSA) is 73.0 Å². The predicted octanol–water partition coefficient (Wildman–Crippen LogP) is 1.70. The zero-order chi connectivity index (χ0) is 17.4. The Morgan fingerprint density at radius 1 is 1.20 bits per heavy atom. The van der Waals surface area contributed by atoms with E-state index in [1.165, 1.54) is 49.2 Å². The molecule has 1 aliphatic carbocycles. The van der Waals surface area contributed by atoms with Crippen molar-refractivity contribution in [1.82, 2.24) is 24.2 Å². The molecule has 7 heteroatoms. The lowest BCUT2D eigenvalue weighted by atomic mass is 9.83. The summed E-state index contributed by atoms with van der Waals surface area (Å²) < 4.78 is 2.99. The first-order valence-electron chi connectivity index (χ1n) is 9.32. The molecule has 1 amide bonds. The van der Waals surface area contributed by atoms with Crippen molar-refractivity contribution in [3.05, 3.63) is 22.9 Å². The summed E-state index contributed by atoms with van der Waals surface area (Å²) in [6.07, 6.45) is 11.5. The maximum atomic E-state index is 12.9. The molecule has 1 aliphatic heterocycles. The van der Waals surface area contributed by atoms with Crippen molar-refractivity contribution in [2.75, 3.05) is 6.54 Å². The molecule has 0 spiro atoms. The molecular formula is C18H25N5O2. The molecule has 25 heavy (non-hydrogen) atoms. The number of likely N-dealkylation sites (tertiary alicyclic amines) is 1. The van der Waals surface area contributed by atoms with Crippen molar-refractivity contribution in [2.24, 2.45) is 13.0 Å². The fraction of sp³-hybridized carbons (Fsp3) is 0.667. The minimum atomic E-state index is -0.195. The highest BCUT2D eigenvalue weighted by Crippen LogP contribution is 2.34.